The number of ether oxygens (including phenoxy) is 1. The van der Waals surface area contributed by atoms with Crippen molar-refractivity contribution in [1.29, 1.82) is 0 Å². The normalized spacial score (nSPS) is 18.5. The third-order valence-corrected chi connectivity index (χ3v) is 5.82. The SMILES string of the molecule is C[C@H](Nc1ccccc1C(=O)NC[C@H]1CCCO1)C(=O)Nc1ccc2c(c1)CCC2. The van der Waals surface area contributed by atoms with E-state index in [0.29, 0.717) is 17.8 Å². The predicted octanol–water partition coefficient (Wildman–Crippen LogP) is 3.52. The minimum Gasteiger partial charge on any atom is -0.376 e. The van der Waals surface area contributed by atoms with Crippen LogP contribution in [0.25, 0.3) is 0 Å². The Morgan fingerprint density at radius 1 is 1.10 bits per heavy atom. The van der Waals surface area contributed by atoms with E-state index in [1.807, 2.05) is 24.3 Å². The maximum absolute atomic E-state index is 12.7. The molecule has 3 N–H and O–H groups in total. The number of hydrogen-bond acceptors (Lipinski definition) is 4. The summed E-state index contributed by atoms with van der Waals surface area (Å²) in [6.07, 6.45) is 5.46. The van der Waals surface area contributed by atoms with Crippen LogP contribution in [-0.4, -0.2) is 37.1 Å². The first-order chi connectivity index (χ1) is 14.6. The first kappa shape index (κ1) is 20.4. The molecule has 0 spiro atoms. The molecular formula is C24H29N3O3. The van der Waals surface area contributed by atoms with Gasteiger partial charge in [0.05, 0.1) is 11.7 Å². The summed E-state index contributed by atoms with van der Waals surface area (Å²) in [4.78, 5) is 25.4. The fourth-order valence-corrected chi connectivity index (χ4v) is 4.11. The van der Waals surface area contributed by atoms with Gasteiger partial charge in [-0.25, -0.2) is 0 Å². The van der Waals surface area contributed by atoms with Crippen molar-refractivity contribution in [2.75, 3.05) is 23.8 Å². The molecule has 2 atom stereocenters. The van der Waals surface area contributed by atoms with E-state index in [-0.39, 0.29) is 17.9 Å². The molecule has 2 amide bonds. The summed E-state index contributed by atoms with van der Waals surface area (Å²) in [5, 5.41) is 9.11. The lowest BCUT2D eigenvalue weighted by Gasteiger charge is -2.18. The third-order valence-electron chi connectivity index (χ3n) is 5.82. The highest BCUT2D eigenvalue weighted by atomic mass is 16.5. The van der Waals surface area contributed by atoms with Gasteiger partial charge in [-0.05, 0) is 74.4 Å². The highest BCUT2D eigenvalue weighted by molar-refractivity contribution is 6.01. The molecule has 1 saturated heterocycles. The number of hydrogen-bond donors (Lipinski definition) is 3. The number of benzene rings is 2. The van der Waals surface area contributed by atoms with E-state index in [2.05, 4.69) is 28.1 Å². The zero-order valence-corrected chi connectivity index (χ0v) is 17.4. The number of rotatable bonds is 7. The van der Waals surface area contributed by atoms with Crippen molar-refractivity contribution < 1.29 is 14.3 Å². The molecule has 0 radical (unpaired) electrons. The molecule has 0 aromatic heterocycles. The minimum absolute atomic E-state index is 0.0890. The van der Waals surface area contributed by atoms with Crippen LogP contribution in [0.5, 0.6) is 0 Å². The largest absolute Gasteiger partial charge is 0.376 e. The second-order valence-corrected chi connectivity index (χ2v) is 8.08. The van der Waals surface area contributed by atoms with E-state index in [1.54, 1.807) is 13.0 Å². The van der Waals surface area contributed by atoms with Gasteiger partial charge < -0.3 is 20.7 Å². The first-order valence-electron chi connectivity index (χ1n) is 10.8. The fourth-order valence-electron chi connectivity index (χ4n) is 4.11. The van der Waals surface area contributed by atoms with Gasteiger partial charge in [0.15, 0.2) is 0 Å². The molecule has 0 saturated carbocycles. The average Bonchev–Trinajstić information content (AvgIpc) is 3.44. The van der Waals surface area contributed by atoms with Gasteiger partial charge in [0.25, 0.3) is 5.91 Å². The van der Waals surface area contributed by atoms with Crippen molar-refractivity contribution in [1.82, 2.24) is 5.32 Å². The molecular weight excluding hydrogens is 378 g/mol. The van der Waals surface area contributed by atoms with Crippen LogP contribution < -0.4 is 16.0 Å². The molecule has 1 heterocycles. The predicted molar refractivity (Wildman–Crippen MR) is 118 cm³/mol. The second kappa shape index (κ2) is 9.30. The van der Waals surface area contributed by atoms with Gasteiger partial charge in [-0.1, -0.05) is 18.2 Å². The van der Waals surface area contributed by atoms with E-state index in [1.165, 1.54) is 17.5 Å². The zero-order valence-electron chi connectivity index (χ0n) is 17.4. The van der Waals surface area contributed by atoms with Crippen LogP contribution in [0.2, 0.25) is 0 Å². The Morgan fingerprint density at radius 2 is 1.93 bits per heavy atom. The summed E-state index contributed by atoms with van der Waals surface area (Å²) in [5.41, 5.74) is 4.67. The van der Waals surface area contributed by atoms with E-state index in [9.17, 15) is 9.59 Å². The molecule has 2 aromatic rings. The van der Waals surface area contributed by atoms with Crippen molar-refractivity contribution in [2.24, 2.45) is 0 Å². The molecule has 2 aliphatic rings. The summed E-state index contributed by atoms with van der Waals surface area (Å²) >= 11 is 0. The summed E-state index contributed by atoms with van der Waals surface area (Å²) in [6.45, 7) is 3.06. The van der Waals surface area contributed by atoms with E-state index < -0.39 is 6.04 Å². The van der Waals surface area contributed by atoms with Crippen molar-refractivity contribution in [3.8, 4) is 0 Å². The first-order valence-corrected chi connectivity index (χ1v) is 10.8. The second-order valence-electron chi connectivity index (χ2n) is 8.08. The highest BCUT2D eigenvalue weighted by Gasteiger charge is 2.20. The van der Waals surface area contributed by atoms with Crippen LogP contribution in [0, 0.1) is 0 Å². The Labute approximate surface area is 177 Å². The minimum atomic E-state index is -0.495. The number of carbonyl (C=O) groups excluding carboxylic acids is 2. The van der Waals surface area contributed by atoms with E-state index in [4.69, 9.17) is 4.74 Å². The number of amides is 2. The van der Waals surface area contributed by atoms with Crippen molar-refractivity contribution in [3.63, 3.8) is 0 Å². The van der Waals surface area contributed by atoms with E-state index >= 15 is 0 Å². The maximum Gasteiger partial charge on any atom is 0.253 e. The van der Waals surface area contributed by atoms with Crippen molar-refractivity contribution in [3.05, 3.63) is 59.2 Å². The van der Waals surface area contributed by atoms with Crippen LogP contribution >= 0.6 is 0 Å². The van der Waals surface area contributed by atoms with Gasteiger partial charge in [-0.15, -0.1) is 0 Å². The summed E-state index contributed by atoms with van der Waals surface area (Å²) in [5.74, 6) is -0.303. The van der Waals surface area contributed by atoms with Gasteiger partial charge in [-0.3, -0.25) is 9.59 Å². The summed E-state index contributed by atoms with van der Waals surface area (Å²) < 4.78 is 5.57. The zero-order chi connectivity index (χ0) is 20.9. The van der Waals surface area contributed by atoms with Gasteiger partial charge in [0, 0.05) is 24.5 Å². The summed E-state index contributed by atoms with van der Waals surface area (Å²) in [7, 11) is 0. The lowest BCUT2D eigenvalue weighted by molar-refractivity contribution is -0.116. The summed E-state index contributed by atoms with van der Waals surface area (Å²) in [6, 6.07) is 12.9. The quantitative estimate of drug-likeness (QED) is 0.656. The molecule has 30 heavy (non-hydrogen) atoms. The Bertz CT molecular complexity index is 922. The maximum atomic E-state index is 12.7. The third kappa shape index (κ3) is 4.82. The van der Waals surface area contributed by atoms with Gasteiger partial charge in [0.1, 0.15) is 6.04 Å². The molecule has 158 valence electrons. The molecule has 6 nitrogen and oxygen atoms in total. The highest BCUT2D eigenvalue weighted by Crippen LogP contribution is 2.25. The van der Waals surface area contributed by atoms with Gasteiger partial charge in [0.2, 0.25) is 5.91 Å². The van der Waals surface area contributed by atoms with Crippen LogP contribution in [-0.2, 0) is 22.4 Å². The molecule has 0 bridgehead atoms. The molecule has 1 aliphatic heterocycles. The number of carbonyl (C=O) groups is 2. The van der Waals surface area contributed by atoms with Gasteiger partial charge >= 0.3 is 0 Å². The molecule has 1 aliphatic carbocycles. The van der Waals surface area contributed by atoms with E-state index in [0.717, 1.165) is 38.0 Å². The number of para-hydroxylation sites is 1. The van der Waals surface area contributed by atoms with Crippen molar-refractivity contribution >= 4 is 23.2 Å². The lowest BCUT2D eigenvalue weighted by atomic mass is 10.1. The molecule has 6 heteroatoms. The Hall–Kier alpha value is -2.86. The van der Waals surface area contributed by atoms with Gasteiger partial charge in [-0.2, -0.15) is 0 Å². The topological polar surface area (TPSA) is 79.5 Å². The molecule has 0 unspecified atom stereocenters. The molecule has 2 aromatic carbocycles. The number of nitrogens with one attached hydrogen (secondary N) is 3. The number of fused-ring (bicyclic) bond motifs is 1. The molecule has 1 fully saturated rings. The smallest absolute Gasteiger partial charge is 0.253 e. The standard InChI is InChI=1S/C24H29N3O3/c1-16(23(28)27-19-12-11-17-6-4-7-18(17)14-19)26-22-10-3-2-9-21(22)24(29)25-15-20-8-5-13-30-20/h2-3,9-12,14,16,20,26H,4-8,13,15H2,1H3,(H,25,29)(H,27,28)/t16-,20+/m0/s1. The Morgan fingerprint density at radius 3 is 2.77 bits per heavy atom. The van der Waals surface area contributed by atoms with Crippen LogP contribution in [0.3, 0.4) is 0 Å². The lowest BCUT2D eigenvalue weighted by Crippen LogP contribution is -2.34. The molecule has 4 rings (SSSR count). The van der Waals surface area contributed by atoms with Crippen molar-refractivity contribution in [2.45, 2.75) is 51.2 Å². The fraction of sp³-hybridized carbons (Fsp3) is 0.417. The Balaban J connectivity index is 1.37. The average molecular weight is 408 g/mol. The number of anilines is 2. The van der Waals surface area contributed by atoms with Crippen LogP contribution in [0.1, 0.15) is 47.7 Å². The van der Waals surface area contributed by atoms with Crippen LogP contribution in [0.15, 0.2) is 42.5 Å². The monoisotopic (exact) mass is 407 g/mol. The van der Waals surface area contributed by atoms with Crippen LogP contribution in [0.4, 0.5) is 11.4 Å². The number of aryl methyl sites for hydroxylation is 2. The Kier molecular flexibility index (Phi) is 6.33.